The molecule has 0 N–H and O–H groups in total. The topological polar surface area (TPSA) is 16.4 Å². The summed E-state index contributed by atoms with van der Waals surface area (Å²) in [5.74, 6) is 0. The van der Waals surface area contributed by atoms with Gasteiger partial charge in [0, 0.05) is 39.2 Å². The van der Waals surface area contributed by atoms with E-state index in [2.05, 4.69) is 183 Å². The largest absolute Gasteiger partial charge is 0.456 e. The Bertz CT molecular complexity index is 2780. The fourth-order valence-electron chi connectivity index (χ4n) is 8.43. The molecule has 0 aliphatic heterocycles. The Balaban J connectivity index is 1.24. The van der Waals surface area contributed by atoms with Crippen LogP contribution in [0.4, 0.5) is 17.1 Å². The molecule has 0 bridgehead atoms. The fourth-order valence-corrected chi connectivity index (χ4v) is 8.43. The minimum Gasteiger partial charge on any atom is -0.456 e. The minimum atomic E-state index is -0.129. The number of hydrogen-bond acceptors (Lipinski definition) is 2. The molecular weight excluding hydrogens is 619 g/mol. The van der Waals surface area contributed by atoms with Crippen LogP contribution in [0.3, 0.4) is 0 Å². The first-order chi connectivity index (χ1) is 25.1. The Labute approximate surface area is 297 Å². The molecule has 10 rings (SSSR count). The van der Waals surface area contributed by atoms with Crippen LogP contribution in [0.15, 0.2) is 180 Å². The summed E-state index contributed by atoms with van der Waals surface area (Å²) in [5.41, 5.74) is 15.1. The van der Waals surface area contributed by atoms with Crippen LogP contribution in [-0.2, 0) is 5.41 Å². The molecule has 1 aromatic heterocycles. The lowest BCUT2D eigenvalue weighted by Gasteiger charge is -2.30. The molecule has 9 aromatic rings. The third-order valence-corrected chi connectivity index (χ3v) is 10.9. The summed E-state index contributed by atoms with van der Waals surface area (Å²) in [4.78, 5) is 2.42. The number of anilines is 3. The van der Waals surface area contributed by atoms with E-state index >= 15 is 0 Å². The second kappa shape index (κ2) is 11.3. The molecule has 242 valence electrons. The maximum absolute atomic E-state index is 6.47. The first kappa shape index (κ1) is 29.5. The third kappa shape index (κ3) is 4.57. The summed E-state index contributed by atoms with van der Waals surface area (Å²) in [7, 11) is 0. The van der Waals surface area contributed by atoms with Crippen molar-refractivity contribution in [3.8, 4) is 33.4 Å². The van der Waals surface area contributed by atoms with E-state index < -0.39 is 0 Å². The highest BCUT2D eigenvalue weighted by Gasteiger charge is 2.36. The van der Waals surface area contributed by atoms with Gasteiger partial charge in [0.05, 0.1) is 5.69 Å². The summed E-state index contributed by atoms with van der Waals surface area (Å²) in [6.45, 7) is 4.70. The molecule has 51 heavy (non-hydrogen) atoms. The molecule has 0 amide bonds. The lowest BCUT2D eigenvalue weighted by molar-refractivity contribution is 0.660. The van der Waals surface area contributed by atoms with E-state index in [1.807, 2.05) is 12.1 Å². The molecule has 0 unspecified atom stereocenters. The van der Waals surface area contributed by atoms with Gasteiger partial charge in [-0.3, -0.25) is 0 Å². The van der Waals surface area contributed by atoms with Crippen LogP contribution in [0, 0.1) is 0 Å². The van der Waals surface area contributed by atoms with Crippen LogP contribution in [-0.4, -0.2) is 0 Å². The molecule has 1 aliphatic rings. The smallest absolute Gasteiger partial charge is 0.137 e. The molecule has 0 spiro atoms. The summed E-state index contributed by atoms with van der Waals surface area (Å²) in [6.07, 6.45) is 0. The van der Waals surface area contributed by atoms with Gasteiger partial charge in [-0.05, 0) is 86.1 Å². The minimum absolute atomic E-state index is 0.129. The molecule has 0 atom stereocenters. The second-order valence-electron chi connectivity index (χ2n) is 14.1. The Hall–Kier alpha value is -6.38. The molecule has 2 heteroatoms. The standard InChI is InChI=1S/C49H35NO/c1-49(2)43-23-9-6-18-37(43)38-28-26-34(30-44(38)49)50(35-27-29-41-40-20-8-11-25-46(40)51-47(41)31-35)45-24-10-7-19-39(45)42-22-13-17-33-16-12-21-36(48(33)42)32-14-4-3-5-15-32/h3-31H,1-2H3. The number of rotatable bonds is 5. The molecule has 0 saturated heterocycles. The molecule has 2 nitrogen and oxygen atoms in total. The Morgan fingerprint density at radius 2 is 1.06 bits per heavy atom. The van der Waals surface area contributed by atoms with Gasteiger partial charge in [0.25, 0.3) is 0 Å². The number of fused-ring (bicyclic) bond motifs is 7. The van der Waals surface area contributed by atoms with Crippen molar-refractivity contribution in [2.45, 2.75) is 19.3 Å². The quantitative estimate of drug-likeness (QED) is 0.184. The van der Waals surface area contributed by atoms with Crippen molar-refractivity contribution in [1.82, 2.24) is 0 Å². The van der Waals surface area contributed by atoms with Gasteiger partial charge in [-0.2, -0.15) is 0 Å². The molecular formula is C49H35NO. The average molecular weight is 654 g/mol. The second-order valence-corrected chi connectivity index (χ2v) is 14.1. The van der Waals surface area contributed by atoms with Crippen molar-refractivity contribution in [2.75, 3.05) is 4.90 Å². The summed E-state index contributed by atoms with van der Waals surface area (Å²) < 4.78 is 6.47. The van der Waals surface area contributed by atoms with Gasteiger partial charge >= 0.3 is 0 Å². The molecule has 1 aliphatic carbocycles. The van der Waals surface area contributed by atoms with Gasteiger partial charge in [0.1, 0.15) is 11.2 Å². The van der Waals surface area contributed by atoms with Gasteiger partial charge < -0.3 is 9.32 Å². The number of para-hydroxylation sites is 2. The van der Waals surface area contributed by atoms with Crippen LogP contribution in [0.25, 0.3) is 66.1 Å². The molecule has 1 heterocycles. The predicted octanol–water partition coefficient (Wildman–Crippen LogP) is 13.8. The fraction of sp³-hybridized carbons (Fsp3) is 0.0612. The monoisotopic (exact) mass is 653 g/mol. The number of hydrogen-bond donors (Lipinski definition) is 0. The highest BCUT2D eigenvalue weighted by molar-refractivity contribution is 6.10. The van der Waals surface area contributed by atoms with Crippen molar-refractivity contribution in [1.29, 1.82) is 0 Å². The Morgan fingerprint density at radius 1 is 0.431 bits per heavy atom. The maximum Gasteiger partial charge on any atom is 0.137 e. The van der Waals surface area contributed by atoms with E-state index in [1.54, 1.807) is 0 Å². The van der Waals surface area contributed by atoms with Crippen LogP contribution >= 0.6 is 0 Å². The lowest BCUT2D eigenvalue weighted by Crippen LogP contribution is -2.16. The summed E-state index contributed by atoms with van der Waals surface area (Å²) in [5, 5.41) is 4.72. The summed E-state index contributed by atoms with van der Waals surface area (Å²) >= 11 is 0. The van der Waals surface area contributed by atoms with E-state index in [-0.39, 0.29) is 5.41 Å². The van der Waals surface area contributed by atoms with Gasteiger partial charge in [-0.15, -0.1) is 0 Å². The molecule has 0 radical (unpaired) electrons. The van der Waals surface area contributed by atoms with E-state index in [0.29, 0.717) is 0 Å². The SMILES string of the molecule is CC1(C)c2ccccc2-c2ccc(N(c3ccc4c(c3)oc3ccccc34)c3ccccc3-c3cccc4cccc(-c5ccccc5)c34)cc21. The summed E-state index contributed by atoms with van der Waals surface area (Å²) in [6, 6.07) is 63.7. The zero-order valence-electron chi connectivity index (χ0n) is 28.6. The molecule has 0 fully saturated rings. The highest BCUT2D eigenvalue weighted by atomic mass is 16.3. The number of benzene rings is 8. The normalized spacial score (nSPS) is 13.1. The zero-order valence-corrected chi connectivity index (χ0v) is 28.6. The van der Waals surface area contributed by atoms with Gasteiger partial charge in [0.2, 0.25) is 0 Å². The highest BCUT2D eigenvalue weighted by Crippen LogP contribution is 2.52. The van der Waals surface area contributed by atoms with Crippen molar-refractivity contribution in [3.05, 3.63) is 187 Å². The van der Waals surface area contributed by atoms with Crippen LogP contribution < -0.4 is 4.90 Å². The third-order valence-electron chi connectivity index (χ3n) is 10.9. The number of nitrogens with zero attached hydrogens (tertiary/aromatic N) is 1. The first-order valence-electron chi connectivity index (χ1n) is 17.7. The van der Waals surface area contributed by atoms with Crippen molar-refractivity contribution >= 4 is 49.8 Å². The Morgan fingerprint density at radius 3 is 1.92 bits per heavy atom. The van der Waals surface area contributed by atoms with E-state index in [9.17, 15) is 0 Å². The van der Waals surface area contributed by atoms with Crippen LogP contribution in [0.5, 0.6) is 0 Å². The van der Waals surface area contributed by atoms with Gasteiger partial charge in [-0.1, -0.05) is 147 Å². The molecule has 0 saturated carbocycles. The van der Waals surface area contributed by atoms with E-state index in [4.69, 9.17) is 4.42 Å². The maximum atomic E-state index is 6.47. The average Bonchev–Trinajstić information content (AvgIpc) is 3.66. The first-order valence-corrected chi connectivity index (χ1v) is 17.7. The van der Waals surface area contributed by atoms with Gasteiger partial charge in [-0.25, -0.2) is 0 Å². The predicted molar refractivity (Wildman–Crippen MR) is 214 cm³/mol. The van der Waals surface area contributed by atoms with E-state index in [0.717, 1.165) is 39.0 Å². The van der Waals surface area contributed by atoms with Crippen LogP contribution in [0.2, 0.25) is 0 Å². The number of furan rings is 1. The lowest BCUT2D eigenvalue weighted by atomic mass is 9.82. The zero-order chi connectivity index (χ0) is 34.1. The van der Waals surface area contributed by atoms with Crippen molar-refractivity contribution in [3.63, 3.8) is 0 Å². The van der Waals surface area contributed by atoms with E-state index in [1.165, 1.54) is 55.3 Å². The Kier molecular flexibility index (Phi) is 6.56. The van der Waals surface area contributed by atoms with Crippen molar-refractivity contribution < 1.29 is 4.42 Å². The van der Waals surface area contributed by atoms with Gasteiger partial charge in [0.15, 0.2) is 0 Å². The molecule has 8 aromatic carbocycles. The van der Waals surface area contributed by atoms with Crippen LogP contribution in [0.1, 0.15) is 25.0 Å². The van der Waals surface area contributed by atoms with Crippen molar-refractivity contribution in [2.24, 2.45) is 0 Å².